The number of Topliss-reactive ketones (excluding diaryl/α,β-unsaturated/α-hetero) is 1. The van der Waals surface area contributed by atoms with E-state index < -0.39 is 0 Å². The number of nitrogens with zero attached hydrogens (tertiary/aromatic N) is 6. The van der Waals surface area contributed by atoms with Crippen LogP contribution in [0.1, 0.15) is 33.4 Å². The summed E-state index contributed by atoms with van der Waals surface area (Å²) in [7, 11) is 2.12. The van der Waals surface area contributed by atoms with E-state index in [4.69, 9.17) is 10.2 Å². The lowest BCUT2D eigenvalue weighted by molar-refractivity contribution is 0.102. The van der Waals surface area contributed by atoms with Gasteiger partial charge in [0.2, 0.25) is 5.95 Å². The normalized spacial score (nSPS) is 14.1. The molecule has 0 bridgehead atoms. The number of benzene rings is 1. The van der Waals surface area contributed by atoms with Crippen LogP contribution in [0.25, 0.3) is 0 Å². The zero-order valence-corrected chi connectivity index (χ0v) is 19.7. The Balaban J connectivity index is 1.57. The summed E-state index contributed by atoms with van der Waals surface area (Å²) in [4.78, 5) is 30.8. The zero-order chi connectivity index (χ0) is 23.4. The van der Waals surface area contributed by atoms with Gasteiger partial charge in [-0.2, -0.15) is 15.2 Å². The summed E-state index contributed by atoms with van der Waals surface area (Å²) >= 11 is 1.30. The molecule has 1 aliphatic rings. The fraction of sp³-hybridized carbons (Fsp3) is 0.348. The Morgan fingerprint density at radius 1 is 1.15 bits per heavy atom. The Bertz CT molecular complexity index is 1180. The maximum Gasteiger partial charge on any atom is 0.232 e. The molecule has 1 saturated heterocycles. The lowest BCUT2D eigenvalue weighted by atomic mass is 10.1. The van der Waals surface area contributed by atoms with Crippen LogP contribution in [0.3, 0.4) is 0 Å². The first-order chi connectivity index (χ1) is 15.9. The minimum Gasteiger partial charge on any atom is -0.366 e. The summed E-state index contributed by atoms with van der Waals surface area (Å²) in [6.45, 7) is 7.63. The molecule has 3 aromatic rings. The van der Waals surface area contributed by atoms with Gasteiger partial charge in [0, 0.05) is 45.7 Å². The zero-order valence-electron chi connectivity index (χ0n) is 18.9. The van der Waals surface area contributed by atoms with E-state index in [0.29, 0.717) is 39.6 Å². The van der Waals surface area contributed by atoms with Gasteiger partial charge < -0.3 is 15.1 Å². The number of rotatable bonds is 7. The van der Waals surface area contributed by atoms with Crippen molar-refractivity contribution in [2.75, 3.05) is 48.8 Å². The number of carbonyl (C=O) groups is 1. The average molecular weight is 463 g/mol. The molecule has 33 heavy (non-hydrogen) atoms. The largest absolute Gasteiger partial charge is 0.366 e. The number of hydrogen-bond donors (Lipinski definition) is 2. The van der Waals surface area contributed by atoms with E-state index in [0.717, 1.165) is 37.6 Å². The van der Waals surface area contributed by atoms with E-state index in [2.05, 4.69) is 43.5 Å². The van der Waals surface area contributed by atoms with Crippen molar-refractivity contribution in [3.8, 4) is 6.07 Å². The summed E-state index contributed by atoms with van der Waals surface area (Å²) in [6, 6.07) is 11.5. The van der Waals surface area contributed by atoms with Gasteiger partial charge in [0.15, 0.2) is 10.9 Å². The molecule has 0 atom stereocenters. The van der Waals surface area contributed by atoms with Crippen LogP contribution < -0.4 is 15.5 Å². The Hall–Kier alpha value is -3.55. The van der Waals surface area contributed by atoms with Crippen LogP contribution in [-0.4, -0.2) is 58.9 Å². The summed E-state index contributed by atoms with van der Waals surface area (Å²) < 4.78 is 0. The average Bonchev–Trinajstić information content (AvgIpc) is 3.18. The predicted octanol–water partition coefficient (Wildman–Crippen LogP) is 3.42. The van der Waals surface area contributed by atoms with Crippen molar-refractivity contribution < 1.29 is 4.79 Å². The van der Waals surface area contributed by atoms with Crippen LogP contribution in [0.5, 0.6) is 0 Å². The van der Waals surface area contributed by atoms with E-state index in [1.54, 1.807) is 19.1 Å². The van der Waals surface area contributed by atoms with Gasteiger partial charge in [-0.05, 0) is 31.7 Å². The van der Waals surface area contributed by atoms with Crippen molar-refractivity contribution in [3.05, 3.63) is 52.0 Å². The number of nitriles is 1. The van der Waals surface area contributed by atoms with Crippen LogP contribution >= 0.6 is 11.3 Å². The lowest BCUT2D eigenvalue weighted by Crippen LogP contribution is -2.44. The van der Waals surface area contributed by atoms with Gasteiger partial charge in [0.05, 0.1) is 22.2 Å². The number of piperazine rings is 1. The monoisotopic (exact) mass is 462 g/mol. The molecule has 4 rings (SSSR count). The standard InChI is InChI=1S/C23H26N8OS/c1-15-21(16(2)32)33-23(26-15)29-22-27-19(25-14-18-6-4-17(13-24)5-7-18)12-20(28-22)31-10-8-30(3)9-11-31/h4-7,12H,8-11,14H2,1-3H3,(H2,25,26,27,28,29). The smallest absolute Gasteiger partial charge is 0.232 e. The van der Waals surface area contributed by atoms with E-state index in [1.165, 1.54) is 11.3 Å². The minimum absolute atomic E-state index is 0.00470. The Labute approximate surface area is 197 Å². The maximum absolute atomic E-state index is 11.8. The van der Waals surface area contributed by atoms with Gasteiger partial charge in [-0.1, -0.05) is 23.5 Å². The van der Waals surface area contributed by atoms with E-state index >= 15 is 0 Å². The van der Waals surface area contributed by atoms with Gasteiger partial charge in [0.25, 0.3) is 0 Å². The predicted molar refractivity (Wildman–Crippen MR) is 130 cm³/mol. The second-order valence-electron chi connectivity index (χ2n) is 8.00. The molecular formula is C23H26N8OS. The molecule has 10 heteroatoms. The number of aromatic nitrogens is 3. The van der Waals surface area contributed by atoms with Crippen molar-refractivity contribution >= 4 is 39.8 Å². The third-order valence-corrected chi connectivity index (χ3v) is 6.61. The molecule has 0 saturated carbocycles. The van der Waals surface area contributed by atoms with Crippen LogP contribution in [0.4, 0.5) is 22.7 Å². The highest BCUT2D eigenvalue weighted by Gasteiger charge is 2.18. The van der Waals surface area contributed by atoms with Crippen molar-refractivity contribution in [2.45, 2.75) is 20.4 Å². The molecule has 9 nitrogen and oxygen atoms in total. The van der Waals surface area contributed by atoms with E-state index in [9.17, 15) is 4.79 Å². The first kappa shape index (κ1) is 22.6. The highest BCUT2D eigenvalue weighted by atomic mass is 32.1. The molecule has 170 valence electrons. The summed E-state index contributed by atoms with van der Waals surface area (Å²) in [5, 5.41) is 16.1. The number of aryl methyl sites for hydroxylation is 1. The second kappa shape index (κ2) is 9.94. The first-order valence-corrected chi connectivity index (χ1v) is 11.5. The van der Waals surface area contributed by atoms with Crippen LogP contribution in [0, 0.1) is 18.3 Å². The van der Waals surface area contributed by atoms with Gasteiger partial charge in [-0.15, -0.1) is 0 Å². The van der Waals surface area contributed by atoms with E-state index in [1.807, 2.05) is 25.1 Å². The summed E-state index contributed by atoms with van der Waals surface area (Å²) in [5.74, 6) is 1.95. The Morgan fingerprint density at radius 3 is 2.52 bits per heavy atom. The molecule has 2 aromatic heterocycles. The number of ketones is 1. The Kier molecular flexibility index (Phi) is 6.82. The quantitative estimate of drug-likeness (QED) is 0.510. The van der Waals surface area contributed by atoms with Gasteiger partial charge in [-0.3, -0.25) is 10.1 Å². The van der Waals surface area contributed by atoms with Gasteiger partial charge in [-0.25, -0.2) is 4.98 Å². The molecule has 1 aromatic carbocycles. The number of anilines is 4. The highest BCUT2D eigenvalue weighted by molar-refractivity contribution is 7.17. The molecule has 2 N–H and O–H groups in total. The van der Waals surface area contributed by atoms with Crippen LogP contribution in [-0.2, 0) is 6.54 Å². The van der Waals surface area contributed by atoms with E-state index in [-0.39, 0.29) is 5.78 Å². The van der Waals surface area contributed by atoms with Crippen LogP contribution in [0.15, 0.2) is 30.3 Å². The van der Waals surface area contributed by atoms with Crippen molar-refractivity contribution in [1.29, 1.82) is 5.26 Å². The van der Waals surface area contributed by atoms with Crippen molar-refractivity contribution in [3.63, 3.8) is 0 Å². The highest BCUT2D eigenvalue weighted by Crippen LogP contribution is 2.27. The molecule has 3 heterocycles. The molecule has 0 aliphatic carbocycles. The number of likely N-dealkylation sites (N-methyl/N-ethyl adjacent to an activating group) is 1. The maximum atomic E-state index is 11.8. The molecule has 1 aliphatic heterocycles. The summed E-state index contributed by atoms with van der Waals surface area (Å²) in [5.41, 5.74) is 2.38. The van der Waals surface area contributed by atoms with Gasteiger partial charge >= 0.3 is 0 Å². The molecule has 0 unspecified atom stereocenters. The Morgan fingerprint density at radius 2 is 1.88 bits per heavy atom. The fourth-order valence-electron chi connectivity index (χ4n) is 3.54. The van der Waals surface area contributed by atoms with Gasteiger partial charge in [0.1, 0.15) is 11.6 Å². The third-order valence-electron chi connectivity index (χ3n) is 5.43. The SMILES string of the molecule is CC(=O)c1sc(Nc2nc(NCc3ccc(C#N)cc3)cc(N3CCN(C)CC3)n2)nc1C. The number of thiazole rings is 1. The first-order valence-electron chi connectivity index (χ1n) is 10.7. The van der Waals surface area contributed by atoms with Crippen LogP contribution in [0.2, 0.25) is 0 Å². The molecule has 0 radical (unpaired) electrons. The second-order valence-corrected chi connectivity index (χ2v) is 9.00. The lowest BCUT2D eigenvalue weighted by Gasteiger charge is -2.33. The number of hydrogen-bond acceptors (Lipinski definition) is 10. The minimum atomic E-state index is -0.00470. The molecule has 1 fully saturated rings. The number of carbonyl (C=O) groups excluding carboxylic acids is 1. The molecule has 0 amide bonds. The summed E-state index contributed by atoms with van der Waals surface area (Å²) in [6.07, 6.45) is 0. The van der Waals surface area contributed by atoms with Crippen molar-refractivity contribution in [2.24, 2.45) is 0 Å². The van der Waals surface area contributed by atoms with Crippen molar-refractivity contribution in [1.82, 2.24) is 19.9 Å². The molecular weight excluding hydrogens is 436 g/mol. The number of nitrogens with one attached hydrogen (secondary N) is 2. The third kappa shape index (κ3) is 5.63. The molecule has 0 spiro atoms. The topological polar surface area (TPSA) is 110 Å². The fourth-order valence-corrected chi connectivity index (χ4v) is 4.40.